The number of amides is 1. The third-order valence-electron chi connectivity index (χ3n) is 3.96. The molecule has 1 aliphatic carbocycles. The van der Waals surface area contributed by atoms with Gasteiger partial charge in [0.15, 0.2) is 0 Å². The van der Waals surface area contributed by atoms with E-state index in [0.29, 0.717) is 16.8 Å². The number of thiophene rings is 1. The summed E-state index contributed by atoms with van der Waals surface area (Å²) in [4.78, 5) is 17.7. The number of carbonyl (C=O) groups is 1. The highest BCUT2D eigenvalue weighted by molar-refractivity contribution is 7.10. The van der Waals surface area contributed by atoms with Crippen molar-refractivity contribution in [2.24, 2.45) is 5.92 Å². The molecule has 2 aromatic heterocycles. The SMILES string of the molecule is O=C(NC(c1cccs1)C1CCCC1)c1cccc(Cl)n1. The fraction of sp³-hybridized carbons (Fsp3) is 0.375. The monoisotopic (exact) mass is 320 g/mol. The molecule has 5 heteroatoms. The summed E-state index contributed by atoms with van der Waals surface area (Å²) in [5.74, 6) is 0.370. The Morgan fingerprint density at radius 2 is 2.10 bits per heavy atom. The van der Waals surface area contributed by atoms with Crippen molar-refractivity contribution in [3.8, 4) is 0 Å². The summed E-state index contributed by atoms with van der Waals surface area (Å²) < 4.78 is 0. The van der Waals surface area contributed by atoms with Crippen molar-refractivity contribution >= 4 is 28.8 Å². The Kier molecular flexibility index (Phi) is 4.56. The zero-order valence-corrected chi connectivity index (χ0v) is 13.2. The second-order valence-electron chi connectivity index (χ2n) is 5.36. The fourth-order valence-electron chi connectivity index (χ4n) is 2.93. The van der Waals surface area contributed by atoms with Gasteiger partial charge in [-0.15, -0.1) is 11.3 Å². The van der Waals surface area contributed by atoms with E-state index in [1.807, 2.05) is 6.07 Å². The molecule has 2 heterocycles. The van der Waals surface area contributed by atoms with Crippen molar-refractivity contribution in [1.82, 2.24) is 10.3 Å². The van der Waals surface area contributed by atoms with Gasteiger partial charge >= 0.3 is 0 Å². The molecule has 1 unspecified atom stereocenters. The van der Waals surface area contributed by atoms with Crippen LogP contribution in [0.2, 0.25) is 5.15 Å². The largest absolute Gasteiger partial charge is 0.343 e. The van der Waals surface area contributed by atoms with Crippen molar-refractivity contribution < 1.29 is 4.79 Å². The molecule has 21 heavy (non-hydrogen) atoms. The average molecular weight is 321 g/mol. The summed E-state index contributed by atoms with van der Waals surface area (Å²) >= 11 is 7.56. The lowest BCUT2D eigenvalue weighted by Crippen LogP contribution is -2.32. The van der Waals surface area contributed by atoms with Crippen LogP contribution in [0, 0.1) is 5.92 Å². The van der Waals surface area contributed by atoms with Crippen LogP contribution in [0.5, 0.6) is 0 Å². The first-order valence-electron chi connectivity index (χ1n) is 7.21. The highest BCUT2D eigenvalue weighted by Crippen LogP contribution is 2.37. The smallest absolute Gasteiger partial charge is 0.270 e. The van der Waals surface area contributed by atoms with Crippen molar-refractivity contribution in [2.45, 2.75) is 31.7 Å². The van der Waals surface area contributed by atoms with E-state index < -0.39 is 0 Å². The Hall–Kier alpha value is -1.39. The van der Waals surface area contributed by atoms with E-state index >= 15 is 0 Å². The molecule has 0 spiro atoms. The van der Waals surface area contributed by atoms with Gasteiger partial charge in [0.1, 0.15) is 10.8 Å². The molecule has 0 aromatic carbocycles. The molecule has 1 aliphatic rings. The summed E-state index contributed by atoms with van der Waals surface area (Å²) in [5.41, 5.74) is 0.377. The van der Waals surface area contributed by atoms with Crippen LogP contribution in [0.25, 0.3) is 0 Å². The van der Waals surface area contributed by atoms with Crippen LogP contribution in [-0.4, -0.2) is 10.9 Å². The summed E-state index contributed by atoms with van der Waals surface area (Å²) in [6.45, 7) is 0. The first-order valence-corrected chi connectivity index (χ1v) is 8.46. The topological polar surface area (TPSA) is 42.0 Å². The van der Waals surface area contributed by atoms with Gasteiger partial charge in [0, 0.05) is 4.88 Å². The molecule has 2 aromatic rings. The third-order valence-corrected chi connectivity index (χ3v) is 5.12. The summed E-state index contributed by atoms with van der Waals surface area (Å²) in [6.07, 6.45) is 4.84. The highest BCUT2D eigenvalue weighted by Gasteiger charge is 2.28. The third kappa shape index (κ3) is 3.44. The first kappa shape index (κ1) is 14.5. The molecular formula is C16H17ClN2OS. The summed E-state index contributed by atoms with van der Waals surface area (Å²) in [7, 11) is 0. The average Bonchev–Trinajstić information content (AvgIpc) is 3.18. The zero-order valence-electron chi connectivity index (χ0n) is 11.6. The molecule has 0 saturated heterocycles. The van der Waals surface area contributed by atoms with Crippen LogP contribution in [-0.2, 0) is 0 Å². The number of hydrogen-bond donors (Lipinski definition) is 1. The predicted molar refractivity (Wildman–Crippen MR) is 85.7 cm³/mol. The Morgan fingerprint density at radius 3 is 2.76 bits per heavy atom. The van der Waals surface area contributed by atoms with Gasteiger partial charge in [0.2, 0.25) is 0 Å². The second-order valence-corrected chi connectivity index (χ2v) is 6.72. The van der Waals surface area contributed by atoms with Gasteiger partial charge in [-0.1, -0.05) is 36.6 Å². The Morgan fingerprint density at radius 1 is 1.29 bits per heavy atom. The molecule has 1 saturated carbocycles. The quantitative estimate of drug-likeness (QED) is 0.845. The minimum Gasteiger partial charge on any atom is -0.343 e. The highest BCUT2D eigenvalue weighted by atomic mass is 35.5. The van der Waals surface area contributed by atoms with E-state index in [9.17, 15) is 4.79 Å². The van der Waals surface area contributed by atoms with Crippen LogP contribution in [0.3, 0.4) is 0 Å². The fourth-order valence-corrected chi connectivity index (χ4v) is 3.96. The lowest BCUT2D eigenvalue weighted by Gasteiger charge is -2.23. The van der Waals surface area contributed by atoms with Gasteiger partial charge in [0.25, 0.3) is 5.91 Å². The maximum absolute atomic E-state index is 12.4. The molecule has 1 N–H and O–H groups in total. The maximum Gasteiger partial charge on any atom is 0.270 e. The van der Waals surface area contributed by atoms with E-state index in [1.165, 1.54) is 30.6 Å². The van der Waals surface area contributed by atoms with E-state index in [1.54, 1.807) is 29.5 Å². The van der Waals surface area contributed by atoms with Gasteiger partial charge in [-0.25, -0.2) is 4.98 Å². The van der Waals surface area contributed by atoms with Crippen LogP contribution in [0.1, 0.15) is 47.1 Å². The zero-order chi connectivity index (χ0) is 14.7. The van der Waals surface area contributed by atoms with E-state index in [0.717, 1.165) is 0 Å². The molecule has 1 atom stereocenters. The standard InChI is InChI=1S/C16H17ClN2OS/c17-14-9-3-7-12(18-14)16(20)19-15(11-5-1-2-6-11)13-8-4-10-21-13/h3-4,7-11,15H,1-2,5-6H2,(H,19,20). The van der Waals surface area contributed by atoms with Gasteiger partial charge in [0.05, 0.1) is 6.04 Å². The number of carbonyl (C=O) groups excluding carboxylic acids is 1. The summed E-state index contributed by atoms with van der Waals surface area (Å²) in [5, 5.41) is 5.56. The molecule has 0 bridgehead atoms. The van der Waals surface area contributed by atoms with Crippen molar-refractivity contribution in [3.05, 3.63) is 51.4 Å². The van der Waals surface area contributed by atoms with E-state index in [2.05, 4.69) is 21.7 Å². The summed E-state index contributed by atoms with van der Waals surface area (Å²) in [6, 6.07) is 9.33. The molecule has 0 aliphatic heterocycles. The number of halogens is 1. The molecule has 3 rings (SSSR count). The number of nitrogens with zero attached hydrogens (tertiary/aromatic N) is 1. The number of aromatic nitrogens is 1. The van der Waals surface area contributed by atoms with Crippen molar-refractivity contribution in [2.75, 3.05) is 0 Å². The normalized spacial score (nSPS) is 16.8. The predicted octanol–water partition coefficient (Wildman–Crippen LogP) is 4.46. The van der Waals surface area contributed by atoms with E-state index in [4.69, 9.17) is 11.6 Å². The number of nitrogens with one attached hydrogen (secondary N) is 1. The Balaban J connectivity index is 1.79. The van der Waals surface area contributed by atoms with Gasteiger partial charge < -0.3 is 5.32 Å². The van der Waals surface area contributed by atoms with E-state index in [-0.39, 0.29) is 11.9 Å². The molecule has 110 valence electrons. The maximum atomic E-state index is 12.4. The van der Waals surface area contributed by atoms with Crippen LogP contribution < -0.4 is 5.32 Å². The lowest BCUT2D eigenvalue weighted by atomic mass is 9.96. The Labute approximate surface area is 133 Å². The van der Waals surface area contributed by atoms with Gasteiger partial charge in [-0.05, 0) is 42.3 Å². The minimum absolute atomic E-state index is 0.0841. The van der Waals surface area contributed by atoms with Crippen LogP contribution >= 0.6 is 22.9 Å². The number of pyridine rings is 1. The second kappa shape index (κ2) is 6.58. The minimum atomic E-state index is -0.150. The molecular weight excluding hydrogens is 304 g/mol. The molecule has 1 amide bonds. The molecule has 0 radical (unpaired) electrons. The number of rotatable bonds is 4. The van der Waals surface area contributed by atoms with Gasteiger partial charge in [-0.2, -0.15) is 0 Å². The Bertz CT molecular complexity index is 608. The van der Waals surface area contributed by atoms with Crippen molar-refractivity contribution in [3.63, 3.8) is 0 Å². The molecule has 1 fully saturated rings. The van der Waals surface area contributed by atoms with Gasteiger partial charge in [-0.3, -0.25) is 4.79 Å². The number of hydrogen-bond acceptors (Lipinski definition) is 3. The van der Waals surface area contributed by atoms with Crippen LogP contribution in [0.4, 0.5) is 0 Å². The molecule has 3 nitrogen and oxygen atoms in total. The lowest BCUT2D eigenvalue weighted by molar-refractivity contribution is 0.0917. The first-order chi connectivity index (χ1) is 10.2. The van der Waals surface area contributed by atoms with Crippen molar-refractivity contribution in [1.29, 1.82) is 0 Å². The van der Waals surface area contributed by atoms with Crippen LogP contribution in [0.15, 0.2) is 35.7 Å².